The van der Waals surface area contributed by atoms with E-state index in [1.807, 2.05) is 0 Å². The van der Waals surface area contributed by atoms with Gasteiger partial charge in [0.15, 0.2) is 0 Å². The van der Waals surface area contributed by atoms with Crippen LogP contribution in [-0.4, -0.2) is 58.0 Å². The maximum atomic E-state index is 14.8. The van der Waals surface area contributed by atoms with Gasteiger partial charge in [0.05, 0.1) is 21.7 Å². The van der Waals surface area contributed by atoms with Crippen LogP contribution in [-0.2, 0) is 12.7 Å². The maximum Gasteiger partial charge on any atom is 0.416 e. The molecule has 3 fully saturated rings. The topological polar surface area (TPSA) is 85.5 Å². The molecule has 4 aromatic rings. The first-order valence-electron chi connectivity index (χ1n) is 13.4. The van der Waals surface area contributed by atoms with E-state index in [0.29, 0.717) is 27.8 Å². The summed E-state index contributed by atoms with van der Waals surface area (Å²) in [4.78, 5) is 24.0. The molecule has 2 amide bonds. The number of aromatic amines is 1. The normalized spacial score (nSPS) is 19.3. The average Bonchev–Trinajstić information content (AvgIpc) is 3.33. The molecule has 3 saturated heterocycles. The predicted octanol–water partition coefficient (Wildman–Crippen LogP) is 7.09. The van der Waals surface area contributed by atoms with Gasteiger partial charge in [-0.3, -0.25) is 4.90 Å². The molecule has 3 aliphatic rings. The number of benzene rings is 2. The number of carbonyl (C=O) groups is 1. The quantitative estimate of drug-likeness (QED) is 0.205. The van der Waals surface area contributed by atoms with E-state index in [1.54, 1.807) is 12.3 Å². The number of aromatic nitrogens is 2. The zero-order valence-corrected chi connectivity index (χ0v) is 23.2. The standard InChI is InChI=1S/C29H27ClF4N6O2/c1-39-14-19-5-4-18(39)15-40(19)13-16-2-3-17(10-21(16)29(32,33)34)37-28(41)38-24-7-6-20(11-23(24)31)42-25-8-9-35-27-26(25)22(30)12-36-27/h2-3,6-12,18-19H,4-5,13-15H2,1H3,(H,35,36)(H2,37,38,41). The van der Waals surface area contributed by atoms with Crippen molar-refractivity contribution in [3.05, 3.63) is 76.8 Å². The number of ether oxygens (including phenoxy) is 1. The monoisotopic (exact) mass is 602 g/mol. The highest BCUT2D eigenvalue weighted by Gasteiger charge is 2.39. The van der Waals surface area contributed by atoms with Crippen molar-refractivity contribution in [1.29, 1.82) is 0 Å². The summed E-state index contributed by atoms with van der Waals surface area (Å²) in [6, 6.07) is 8.78. The van der Waals surface area contributed by atoms with Crippen molar-refractivity contribution in [2.24, 2.45) is 0 Å². The minimum absolute atomic E-state index is 0.0612. The van der Waals surface area contributed by atoms with E-state index in [1.165, 1.54) is 30.5 Å². The molecule has 2 aromatic carbocycles. The fourth-order valence-corrected chi connectivity index (χ4v) is 5.98. The summed E-state index contributed by atoms with van der Waals surface area (Å²) in [5.41, 5.74) is -0.402. The number of alkyl halides is 3. The molecular formula is C29H27ClF4N6O2. The van der Waals surface area contributed by atoms with Crippen LogP contribution in [0.25, 0.3) is 11.0 Å². The van der Waals surface area contributed by atoms with Gasteiger partial charge in [-0.1, -0.05) is 17.7 Å². The van der Waals surface area contributed by atoms with Crippen LogP contribution >= 0.6 is 11.6 Å². The molecule has 8 nitrogen and oxygen atoms in total. The Labute approximate surface area is 243 Å². The minimum atomic E-state index is -4.61. The number of nitrogens with one attached hydrogen (secondary N) is 3. The largest absolute Gasteiger partial charge is 0.456 e. The van der Waals surface area contributed by atoms with E-state index in [0.717, 1.165) is 38.1 Å². The van der Waals surface area contributed by atoms with Gasteiger partial charge in [-0.15, -0.1) is 0 Å². The van der Waals surface area contributed by atoms with E-state index in [2.05, 4.69) is 37.4 Å². The molecule has 0 spiro atoms. The number of urea groups is 1. The predicted molar refractivity (Wildman–Crippen MR) is 152 cm³/mol. The molecule has 5 heterocycles. The highest BCUT2D eigenvalue weighted by molar-refractivity contribution is 6.36. The zero-order valence-electron chi connectivity index (χ0n) is 22.4. The Morgan fingerprint density at radius 3 is 2.64 bits per heavy atom. The number of likely N-dealkylation sites (N-methyl/N-ethyl adjacent to an activating group) is 1. The van der Waals surface area contributed by atoms with Gasteiger partial charge in [-0.2, -0.15) is 13.2 Å². The molecule has 220 valence electrons. The summed E-state index contributed by atoms with van der Waals surface area (Å²) in [5.74, 6) is -0.309. The fraction of sp³-hybridized carbons (Fsp3) is 0.310. The summed E-state index contributed by atoms with van der Waals surface area (Å²) in [6.45, 7) is 1.74. The van der Waals surface area contributed by atoms with Gasteiger partial charge in [0.1, 0.15) is 23.0 Å². The van der Waals surface area contributed by atoms with Crippen LogP contribution in [0, 0.1) is 5.82 Å². The van der Waals surface area contributed by atoms with Crippen molar-refractivity contribution in [3.8, 4) is 11.5 Å². The van der Waals surface area contributed by atoms with Crippen molar-refractivity contribution in [3.63, 3.8) is 0 Å². The smallest absolute Gasteiger partial charge is 0.416 e. The molecule has 0 aliphatic carbocycles. The Kier molecular flexibility index (Phi) is 7.46. The Hall–Kier alpha value is -3.87. The number of piperidine rings is 2. The summed E-state index contributed by atoms with van der Waals surface area (Å²) < 4.78 is 62.7. The molecule has 2 atom stereocenters. The lowest BCUT2D eigenvalue weighted by atomic mass is 9.90. The number of nitrogens with zero attached hydrogens (tertiary/aromatic N) is 3. The number of amides is 2. The van der Waals surface area contributed by atoms with Gasteiger partial charge < -0.3 is 25.3 Å². The maximum absolute atomic E-state index is 14.8. The highest BCUT2D eigenvalue weighted by atomic mass is 35.5. The van der Waals surface area contributed by atoms with E-state index in [4.69, 9.17) is 16.3 Å². The first kappa shape index (κ1) is 28.3. The number of halogens is 5. The molecule has 2 unspecified atom stereocenters. The van der Waals surface area contributed by atoms with Crippen LogP contribution < -0.4 is 15.4 Å². The molecule has 2 aromatic heterocycles. The van der Waals surface area contributed by atoms with Crippen LogP contribution in [0.5, 0.6) is 11.5 Å². The van der Waals surface area contributed by atoms with Gasteiger partial charge in [0, 0.05) is 55.9 Å². The number of hydrogen-bond donors (Lipinski definition) is 3. The van der Waals surface area contributed by atoms with Crippen LogP contribution in [0.2, 0.25) is 5.02 Å². The van der Waals surface area contributed by atoms with Crippen LogP contribution in [0.4, 0.5) is 33.7 Å². The number of pyridine rings is 1. The van der Waals surface area contributed by atoms with Crippen LogP contribution in [0.15, 0.2) is 54.9 Å². The molecule has 7 rings (SSSR count). The van der Waals surface area contributed by atoms with E-state index in [-0.39, 0.29) is 35.3 Å². The summed E-state index contributed by atoms with van der Waals surface area (Å²) >= 11 is 6.18. The number of rotatable bonds is 6. The average molecular weight is 603 g/mol. The second-order valence-electron chi connectivity index (χ2n) is 10.6. The van der Waals surface area contributed by atoms with Gasteiger partial charge in [0.25, 0.3) is 0 Å². The molecule has 0 saturated carbocycles. The van der Waals surface area contributed by atoms with Gasteiger partial charge in [-0.25, -0.2) is 14.2 Å². The molecule has 0 radical (unpaired) electrons. The van der Waals surface area contributed by atoms with Gasteiger partial charge in [0.2, 0.25) is 0 Å². The Morgan fingerprint density at radius 1 is 1.12 bits per heavy atom. The SMILES string of the molecule is CN1CC2CCC1CN2Cc1ccc(NC(=O)Nc2ccc(Oc3ccnc4[nH]cc(Cl)c34)cc2F)cc1C(F)(F)F. The lowest BCUT2D eigenvalue weighted by Gasteiger charge is -2.50. The first-order valence-corrected chi connectivity index (χ1v) is 13.7. The number of carbonyl (C=O) groups excluding carboxylic acids is 1. The number of anilines is 2. The third kappa shape index (κ3) is 5.74. The number of fused-ring (bicyclic) bond motifs is 4. The van der Waals surface area contributed by atoms with Crippen LogP contribution in [0.3, 0.4) is 0 Å². The van der Waals surface area contributed by atoms with Gasteiger partial charge >= 0.3 is 12.2 Å². The number of H-pyrrole nitrogens is 1. The van der Waals surface area contributed by atoms with Crippen molar-refractivity contribution in [2.75, 3.05) is 30.8 Å². The molecule has 42 heavy (non-hydrogen) atoms. The molecule has 3 aliphatic heterocycles. The molecular weight excluding hydrogens is 576 g/mol. The number of hydrogen-bond acceptors (Lipinski definition) is 5. The van der Waals surface area contributed by atoms with Crippen molar-refractivity contribution < 1.29 is 27.1 Å². The van der Waals surface area contributed by atoms with Gasteiger partial charge in [-0.05, 0) is 55.8 Å². The Morgan fingerprint density at radius 2 is 1.93 bits per heavy atom. The zero-order chi connectivity index (χ0) is 29.6. The van der Waals surface area contributed by atoms with Crippen molar-refractivity contribution in [1.82, 2.24) is 19.8 Å². The second-order valence-corrected chi connectivity index (χ2v) is 11.0. The van der Waals surface area contributed by atoms with Crippen molar-refractivity contribution in [2.45, 2.75) is 37.6 Å². The third-order valence-corrected chi connectivity index (χ3v) is 8.17. The Bertz CT molecular complexity index is 1640. The Balaban J connectivity index is 1.13. The summed E-state index contributed by atoms with van der Waals surface area (Å²) in [5, 5.41) is 5.63. The third-order valence-electron chi connectivity index (χ3n) is 7.87. The first-order chi connectivity index (χ1) is 20.0. The van der Waals surface area contributed by atoms with Crippen molar-refractivity contribution >= 4 is 40.0 Å². The second kappa shape index (κ2) is 11.1. The minimum Gasteiger partial charge on any atom is -0.456 e. The lowest BCUT2D eigenvalue weighted by molar-refractivity contribution is -0.138. The molecule has 3 N–H and O–H groups in total. The van der Waals surface area contributed by atoms with E-state index < -0.39 is 23.6 Å². The van der Waals surface area contributed by atoms with Crippen LogP contribution in [0.1, 0.15) is 24.0 Å². The molecule has 2 bridgehead atoms. The highest BCUT2D eigenvalue weighted by Crippen LogP contribution is 2.37. The van der Waals surface area contributed by atoms with E-state index in [9.17, 15) is 22.4 Å². The summed E-state index contributed by atoms with van der Waals surface area (Å²) in [6.07, 6.45) is 0.472. The van der Waals surface area contributed by atoms with E-state index >= 15 is 0 Å². The molecule has 13 heteroatoms. The lowest BCUT2D eigenvalue weighted by Crippen LogP contribution is -2.60. The number of piperazine rings is 1. The summed E-state index contributed by atoms with van der Waals surface area (Å²) in [7, 11) is 2.05. The fourth-order valence-electron chi connectivity index (χ4n) is 5.74.